The van der Waals surface area contributed by atoms with Crippen LogP contribution in [0.5, 0.6) is 0 Å². The smallest absolute Gasteiger partial charge is 0.326 e. The standard InChI is InChI=1S/C16H12Cl2FNO3/c17-11-5-3-6-12(18)10(11)8-14(16(22)23)20-15(21)9-4-1-2-7-13(9)19/h1-7,14H,8H2,(H,20,21)(H,22,23)/t14-/m0/s1. The molecule has 0 aliphatic rings. The van der Waals surface area contributed by atoms with Crippen LogP contribution in [0.3, 0.4) is 0 Å². The molecule has 2 aromatic carbocycles. The van der Waals surface area contributed by atoms with Crippen LogP contribution in [0, 0.1) is 5.82 Å². The van der Waals surface area contributed by atoms with Crippen molar-refractivity contribution in [3.63, 3.8) is 0 Å². The number of carboxylic acid groups (broad SMARTS) is 1. The average molecular weight is 356 g/mol. The molecule has 0 aliphatic heterocycles. The molecule has 0 aromatic heterocycles. The van der Waals surface area contributed by atoms with Crippen molar-refractivity contribution < 1.29 is 19.1 Å². The molecule has 0 saturated heterocycles. The molecule has 2 aromatic rings. The first kappa shape index (κ1) is 17.2. The Morgan fingerprint density at radius 3 is 2.26 bits per heavy atom. The first-order valence-electron chi connectivity index (χ1n) is 6.61. The van der Waals surface area contributed by atoms with Crippen LogP contribution in [-0.2, 0) is 11.2 Å². The number of amides is 1. The molecule has 0 unspecified atom stereocenters. The van der Waals surface area contributed by atoms with Crippen LogP contribution >= 0.6 is 23.2 Å². The first-order valence-corrected chi connectivity index (χ1v) is 7.37. The zero-order chi connectivity index (χ0) is 17.0. The van der Waals surface area contributed by atoms with E-state index >= 15 is 0 Å². The van der Waals surface area contributed by atoms with Crippen molar-refractivity contribution in [3.05, 3.63) is 69.5 Å². The van der Waals surface area contributed by atoms with E-state index in [-0.39, 0.29) is 12.0 Å². The van der Waals surface area contributed by atoms with Crippen LogP contribution in [0.2, 0.25) is 10.0 Å². The number of halogens is 3. The fourth-order valence-electron chi connectivity index (χ4n) is 2.01. The Kier molecular flexibility index (Phi) is 5.58. The van der Waals surface area contributed by atoms with Gasteiger partial charge in [0.1, 0.15) is 11.9 Å². The number of rotatable bonds is 5. The summed E-state index contributed by atoms with van der Waals surface area (Å²) in [6.45, 7) is 0. The number of benzene rings is 2. The largest absolute Gasteiger partial charge is 0.480 e. The highest BCUT2D eigenvalue weighted by atomic mass is 35.5. The van der Waals surface area contributed by atoms with Gasteiger partial charge in [-0.1, -0.05) is 41.4 Å². The Balaban J connectivity index is 2.22. The summed E-state index contributed by atoms with van der Waals surface area (Å²) in [6, 6.07) is 8.78. The maximum Gasteiger partial charge on any atom is 0.326 e. The van der Waals surface area contributed by atoms with Gasteiger partial charge in [0.25, 0.3) is 5.91 Å². The van der Waals surface area contributed by atoms with Gasteiger partial charge in [0.05, 0.1) is 5.56 Å². The van der Waals surface area contributed by atoms with Crippen LogP contribution in [0.15, 0.2) is 42.5 Å². The lowest BCUT2D eigenvalue weighted by atomic mass is 10.0. The number of carbonyl (C=O) groups excluding carboxylic acids is 1. The molecular formula is C16H12Cl2FNO3. The summed E-state index contributed by atoms with van der Waals surface area (Å²) in [6.07, 6.45) is -0.117. The molecular weight excluding hydrogens is 344 g/mol. The average Bonchev–Trinajstić information content (AvgIpc) is 2.50. The van der Waals surface area contributed by atoms with E-state index < -0.39 is 23.7 Å². The van der Waals surface area contributed by atoms with Crippen molar-refractivity contribution in [1.82, 2.24) is 5.32 Å². The summed E-state index contributed by atoms with van der Waals surface area (Å²) in [5.74, 6) is -2.82. The van der Waals surface area contributed by atoms with Gasteiger partial charge < -0.3 is 10.4 Å². The molecule has 0 aliphatic carbocycles. The highest BCUT2D eigenvalue weighted by Gasteiger charge is 2.24. The summed E-state index contributed by atoms with van der Waals surface area (Å²) in [7, 11) is 0. The summed E-state index contributed by atoms with van der Waals surface area (Å²) in [5, 5.41) is 12.2. The van der Waals surface area contributed by atoms with Crippen LogP contribution in [0.4, 0.5) is 4.39 Å². The molecule has 0 heterocycles. The minimum atomic E-state index is -1.29. The second-order valence-electron chi connectivity index (χ2n) is 4.75. The third-order valence-corrected chi connectivity index (χ3v) is 3.90. The summed E-state index contributed by atoms with van der Waals surface area (Å²) in [5.41, 5.74) is 0.168. The summed E-state index contributed by atoms with van der Waals surface area (Å²) >= 11 is 12.0. The topological polar surface area (TPSA) is 66.4 Å². The minimum absolute atomic E-state index is 0.117. The van der Waals surface area contributed by atoms with Crippen LogP contribution < -0.4 is 5.32 Å². The van der Waals surface area contributed by atoms with Gasteiger partial charge >= 0.3 is 5.97 Å². The van der Waals surface area contributed by atoms with E-state index in [1.807, 2.05) is 0 Å². The van der Waals surface area contributed by atoms with Gasteiger partial charge in [-0.3, -0.25) is 4.79 Å². The Morgan fingerprint density at radius 2 is 1.70 bits per heavy atom. The van der Waals surface area contributed by atoms with Gasteiger partial charge in [-0.15, -0.1) is 0 Å². The Hall–Kier alpha value is -2.11. The molecule has 0 fully saturated rings. The molecule has 4 nitrogen and oxygen atoms in total. The Labute approximate surface area is 141 Å². The van der Waals surface area contributed by atoms with Gasteiger partial charge in [0.15, 0.2) is 0 Å². The Morgan fingerprint density at radius 1 is 1.09 bits per heavy atom. The van der Waals surface area contributed by atoms with Gasteiger partial charge in [-0.25, -0.2) is 9.18 Å². The number of aliphatic carboxylic acids is 1. The number of nitrogens with one attached hydrogen (secondary N) is 1. The fourth-order valence-corrected chi connectivity index (χ4v) is 2.56. The van der Waals surface area contributed by atoms with Gasteiger partial charge in [0.2, 0.25) is 0 Å². The molecule has 1 amide bonds. The van der Waals surface area contributed by atoms with E-state index in [4.69, 9.17) is 23.2 Å². The number of hydrogen-bond donors (Lipinski definition) is 2. The normalized spacial score (nSPS) is 11.8. The SMILES string of the molecule is O=C(N[C@@H](Cc1c(Cl)cccc1Cl)C(=O)O)c1ccccc1F. The monoisotopic (exact) mass is 355 g/mol. The molecule has 1 atom stereocenters. The second kappa shape index (κ2) is 7.44. The summed E-state index contributed by atoms with van der Waals surface area (Å²) in [4.78, 5) is 23.4. The van der Waals surface area contributed by atoms with Crippen molar-refractivity contribution >= 4 is 35.1 Å². The van der Waals surface area contributed by atoms with Gasteiger partial charge in [-0.05, 0) is 29.8 Å². The number of carboxylic acids is 1. The quantitative estimate of drug-likeness (QED) is 0.861. The molecule has 23 heavy (non-hydrogen) atoms. The molecule has 2 N–H and O–H groups in total. The lowest BCUT2D eigenvalue weighted by Crippen LogP contribution is -2.42. The fraction of sp³-hybridized carbons (Fsp3) is 0.125. The zero-order valence-corrected chi connectivity index (χ0v) is 13.2. The van der Waals surface area contributed by atoms with Crippen molar-refractivity contribution in [2.24, 2.45) is 0 Å². The Bertz CT molecular complexity index is 732. The van der Waals surface area contributed by atoms with E-state index in [9.17, 15) is 19.1 Å². The number of hydrogen-bond acceptors (Lipinski definition) is 2. The van der Waals surface area contributed by atoms with Crippen molar-refractivity contribution in [2.75, 3.05) is 0 Å². The van der Waals surface area contributed by atoms with E-state index in [0.29, 0.717) is 15.6 Å². The van der Waals surface area contributed by atoms with E-state index in [1.165, 1.54) is 18.2 Å². The summed E-state index contributed by atoms with van der Waals surface area (Å²) < 4.78 is 13.6. The van der Waals surface area contributed by atoms with E-state index in [1.54, 1.807) is 18.2 Å². The highest BCUT2D eigenvalue weighted by Crippen LogP contribution is 2.25. The number of carbonyl (C=O) groups is 2. The second-order valence-corrected chi connectivity index (χ2v) is 5.56. The van der Waals surface area contributed by atoms with E-state index in [0.717, 1.165) is 6.07 Å². The maximum absolute atomic E-state index is 13.6. The van der Waals surface area contributed by atoms with Crippen LogP contribution in [-0.4, -0.2) is 23.0 Å². The molecule has 0 bridgehead atoms. The third-order valence-electron chi connectivity index (χ3n) is 3.19. The molecule has 2 rings (SSSR count). The molecule has 0 radical (unpaired) electrons. The molecule has 0 saturated carbocycles. The lowest BCUT2D eigenvalue weighted by Gasteiger charge is -2.16. The first-order chi connectivity index (χ1) is 10.9. The highest BCUT2D eigenvalue weighted by molar-refractivity contribution is 6.36. The predicted molar refractivity (Wildman–Crippen MR) is 85.5 cm³/mol. The van der Waals surface area contributed by atoms with Crippen LogP contribution in [0.1, 0.15) is 15.9 Å². The van der Waals surface area contributed by atoms with Crippen molar-refractivity contribution in [1.29, 1.82) is 0 Å². The predicted octanol–water partition coefficient (Wildman–Crippen LogP) is 3.56. The molecule has 0 spiro atoms. The van der Waals surface area contributed by atoms with Gasteiger partial charge in [-0.2, -0.15) is 0 Å². The molecule has 120 valence electrons. The lowest BCUT2D eigenvalue weighted by molar-refractivity contribution is -0.139. The zero-order valence-electron chi connectivity index (χ0n) is 11.7. The minimum Gasteiger partial charge on any atom is -0.480 e. The van der Waals surface area contributed by atoms with E-state index in [2.05, 4.69) is 5.32 Å². The van der Waals surface area contributed by atoms with Gasteiger partial charge in [0, 0.05) is 16.5 Å². The third kappa shape index (κ3) is 4.21. The van der Waals surface area contributed by atoms with Crippen molar-refractivity contribution in [2.45, 2.75) is 12.5 Å². The van der Waals surface area contributed by atoms with Crippen molar-refractivity contribution in [3.8, 4) is 0 Å². The van der Waals surface area contributed by atoms with Crippen LogP contribution in [0.25, 0.3) is 0 Å². The molecule has 7 heteroatoms. The maximum atomic E-state index is 13.6.